The lowest BCUT2D eigenvalue weighted by Crippen LogP contribution is -2.04. The van der Waals surface area contributed by atoms with Gasteiger partial charge in [-0.05, 0) is 41.7 Å². The fourth-order valence-electron chi connectivity index (χ4n) is 2.88. The summed E-state index contributed by atoms with van der Waals surface area (Å²) in [6.45, 7) is 4.10. The number of benzene rings is 2. The molecule has 0 saturated heterocycles. The summed E-state index contributed by atoms with van der Waals surface area (Å²) >= 11 is 12.8. The summed E-state index contributed by atoms with van der Waals surface area (Å²) in [6.07, 6.45) is 1.70. The molecule has 0 aliphatic rings. The van der Waals surface area contributed by atoms with Gasteiger partial charge in [-0.3, -0.25) is 4.57 Å². The van der Waals surface area contributed by atoms with Crippen molar-refractivity contribution in [3.05, 3.63) is 57.1 Å². The molecule has 0 radical (unpaired) electrons. The Balaban J connectivity index is 2.52. The zero-order valence-corrected chi connectivity index (χ0v) is 17.8. The highest BCUT2D eigenvalue weighted by Gasteiger charge is 2.24. The average Bonchev–Trinajstić information content (AvgIpc) is 2.63. The van der Waals surface area contributed by atoms with Crippen LogP contribution in [-0.4, -0.2) is 14.2 Å². The molecule has 0 atom stereocenters. The topological polar surface area (TPSA) is 47.6 Å². The van der Waals surface area contributed by atoms with Gasteiger partial charge in [0.15, 0.2) is 0 Å². The van der Waals surface area contributed by atoms with Gasteiger partial charge in [0.05, 0.1) is 6.16 Å². The third kappa shape index (κ3) is 4.62. The molecule has 2 aromatic carbocycles. The van der Waals surface area contributed by atoms with Crippen LogP contribution in [0.3, 0.4) is 0 Å². The average molecular weight is 416 g/mol. The van der Waals surface area contributed by atoms with Crippen molar-refractivity contribution in [2.75, 3.05) is 19.5 Å². The fraction of sp³-hybridized carbons (Fsp3) is 0.368. The largest absolute Gasteiger partial charge is 0.355 e. The van der Waals surface area contributed by atoms with Crippen molar-refractivity contribution in [2.45, 2.75) is 32.9 Å². The smallest absolute Gasteiger partial charge is 0.334 e. The van der Waals surface area contributed by atoms with E-state index in [0.717, 1.165) is 40.9 Å². The quantitative estimate of drug-likeness (QED) is 0.478. The minimum atomic E-state index is -3.18. The van der Waals surface area contributed by atoms with Gasteiger partial charge in [-0.15, -0.1) is 0 Å². The van der Waals surface area contributed by atoms with E-state index < -0.39 is 7.60 Å². The molecular weight excluding hydrogens is 392 g/mol. The number of para-hydroxylation sites is 1. The lowest BCUT2D eigenvalue weighted by molar-refractivity contribution is 0.275. The number of anilines is 2. The zero-order chi connectivity index (χ0) is 19.3. The molecule has 0 aliphatic carbocycles. The van der Waals surface area contributed by atoms with Crippen LogP contribution in [0.2, 0.25) is 10.0 Å². The molecule has 142 valence electrons. The summed E-state index contributed by atoms with van der Waals surface area (Å²) < 4.78 is 22.7. The Morgan fingerprint density at radius 1 is 1.00 bits per heavy atom. The molecule has 1 N–H and O–H groups in total. The second kappa shape index (κ2) is 9.25. The van der Waals surface area contributed by atoms with Gasteiger partial charge in [-0.1, -0.05) is 55.2 Å². The molecule has 7 heteroatoms. The maximum absolute atomic E-state index is 12.6. The molecule has 0 unspecified atom stereocenters. The SMILES string of the molecule is CCc1c(Cl)cc(Cl)c(CC)c1Nc1ccccc1CP(=O)(OC)OC. The van der Waals surface area contributed by atoms with Crippen LogP contribution in [-0.2, 0) is 32.6 Å². The summed E-state index contributed by atoms with van der Waals surface area (Å²) in [4.78, 5) is 0. The molecule has 0 amide bonds. The van der Waals surface area contributed by atoms with Crippen LogP contribution in [0, 0.1) is 0 Å². The number of hydrogen-bond acceptors (Lipinski definition) is 4. The highest BCUT2D eigenvalue weighted by Crippen LogP contribution is 2.51. The van der Waals surface area contributed by atoms with E-state index >= 15 is 0 Å². The van der Waals surface area contributed by atoms with Crippen molar-refractivity contribution in [2.24, 2.45) is 0 Å². The van der Waals surface area contributed by atoms with E-state index in [2.05, 4.69) is 19.2 Å². The maximum Gasteiger partial charge on any atom is 0.334 e. The predicted molar refractivity (Wildman–Crippen MR) is 110 cm³/mol. The highest BCUT2D eigenvalue weighted by molar-refractivity contribution is 7.52. The van der Waals surface area contributed by atoms with E-state index in [0.29, 0.717) is 10.0 Å². The van der Waals surface area contributed by atoms with Gasteiger partial charge < -0.3 is 14.4 Å². The van der Waals surface area contributed by atoms with Crippen molar-refractivity contribution in [3.8, 4) is 0 Å². The number of rotatable bonds is 8. The minimum absolute atomic E-state index is 0.167. The first-order valence-corrected chi connectivity index (χ1v) is 10.9. The van der Waals surface area contributed by atoms with Crippen LogP contribution in [0.25, 0.3) is 0 Å². The van der Waals surface area contributed by atoms with Crippen LogP contribution >= 0.6 is 30.8 Å². The second-order valence-corrected chi connectivity index (χ2v) is 8.88. The number of halogens is 2. The highest BCUT2D eigenvalue weighted by atomic mass is 35.5. The zero-order valence-electron chi connectivity index (χ0n) is 15.4. The first-order chi connectivity index (χ1) is 12.4. The standard InChI is InChI=1S/C19H24Cl2NO3P/c1-5-14-16(20)11-17(21)15(6-2)19(14)22-18-10-8-7-9-13(18)12-26(23,24-3)25-4/h7-11,22H,5-6,12H2,1-4H3. The van der Waals surface area contributed by atoms with Crippen molar-refractivity contribution >= 4 is 42.2 Å². The molecule has 0 aromatic heterocycles. The lowest BCUT2D eigenvalue weighted by atomic mass is 10.0. The Labute approximate surface area is 165 Å². The predicted octanol–water partition coefficient (Wildman–Crippen LogP) is 6.85. The molecule has 0 fully saturated rings. The molecule has 0 aliphatic heterocycles. The normalized spacial score (nSPS) is 11.6. The van der Waals surface area contributed by atoms with Crippen molar-refractivity contribution < 1.29 is 13.6 Å². The van der Waals surface area contributed by atoms with Gasteiger partial charge in [-0.2, -0.15) is 0 Å². The van der Waals surface area contributed by atoms with Gasteiger partial charge in [-0.25, -0.2) is 0 Å². The Morgan fingerprint density at radius 2 is 1.54 bits per heavy atom. The van der Waals surface area contributed by atoms with Crippen molar-refractivity contribution in [3.63, 3.8) is 0 Å². The van der Waals surface area contributed by atoms with Crippen LogP contribution < -0.4 is 5.32 Å². The molecule has 0 heterocycles. The summed E-state index contributed by atoms with van der Waals surface area (Å²) in [5, 5.41) is 4.73. The van der Waals surface area contributed by atoms with Crippen LogP contribution in [0.1, 0.15) is 30.5 Å². The van der Waals surface area contributed by atoms with Crippen molar-refractivity contribution in [1.29, 1.82) is 0 Å². The van der Waals surface area contributed by atoms with E-state index in [1.54, 1.807) is 6.07 Å². The van der Waals surface area contributed by atoms with Crippen LogP contribution in [0.4, 0.5) is 11.4 Å². The Morgan fingerprint density at radius 3 is 2.04 bits per heavy atom. The van der Waals surface area contributed by atoms with Crippen LogP contribution in [0.15, 0.2) is 30.3 Å². The monoisotopic (exact) mass is 415 g/mol. The van der Waals surface area contributed by atoms with E-state index in [1.807, 2.05) is 24.3 Å². The Hall–Kier alpha value is -1.03. The summed E-state index contributed by atoms with van der Waals surface area (Å²) in [7, 11) is -0.403. The molecule has 0 saturated carbocycles. The molecule has 2 aromatic rings. The second-order valence-electron chi connectivity index (χ2n) is 5.80. The van der Waals surface area contributed by atoms with Gasteiger partial charge in [0.25, 0.3) is 0 Å². The molecular formula is C19H24Cl2NO3P. The van der Waals surface area contributed by atoms with E-state index in [9.17, 15) is 4.57 Å². The Bertz CT molecular complexity index is 790. The third-order valence-corrected chi connectivity index (χ3v) is 6.85. The van der Waals surface area contributed by atoms with E-state index in [4.69, 9.17) is 32.2 Å². The third-order valence-electron chi connectivity index (χ3n) is 4.34. The van der Waals surface area contributed by atoms with Gasteiger partial charge in [0, 0.05) is 35.6 Å². The minimum Gasteiger partial charge on any atom is -0.355 e. The maximum atomic E-state index is 12.6. The van der Waals surface area contributed by atoms with Crippen LogP contribution in [0.5, 0.6) is 0 Å². The molecule has 0 bridgehead atoms. The lowest BCUT2D eigenvalue weighted by Gasteiger charge is -2.21. The van der Waals surface area contributed by atoms with Gasteiger partial charge in [0.2, 0.25) is 0 Å². The molecule has 26 heavy (non-hydrogen) atoms. The summed E-state index contributed by atoms with van der Waals surface area (Å²) in [5.41, 5.74) is 4.57. The van der Waals surface area contributed by atoms with Gasteiger partial charge in [0.1, 0.15) is 0 Å². The number of nitrogens with one attached hydrogen (secondary N) is 1. The molecule has 4 nitrogen and oxygen atoms in total. The van der Waals surface area contributed by atoms with E-state index in [-0.39, 0.29) is 6.16 Å². The fourth-order valence-corrected chi connectivity index (χ4v) is 4.71. The summed E-state index contributed by atoms with van der Waals surface area (Å²) in [5.74, 6) is 0. The molecule has 2 rings (SSSR count). The first-order valence-electron chi connectivity index (χ1n) is 8.44. The first kappa shape index (κ1) is 21.3. The Kier molecular flexibility index (Phi) is 7.57. The molecule has 0 spiro atoms. The number of hydrogen-bond donors (Lipinski definition) is 1. The van der Waals surface area contributed by atoms with Crippen molar-refractivity contribution in [1.82, 2.24) is 0 Å². The van der Waals surface area contributed by atoms with Gasteiger partial charge >= 0.3 is 7.60 Å². The van der Waals surface area contributed by atoms with E-state index in [1.165, 1.54) is 14.2 Å². The summed E-state index contributed by atoms with van der Waals surface area (Å²) in [6, 6.07) is 9.43.